The van der Waals surface area contributed by atoms with Crippen molar-refractivity contribution in [2.75, 3.05) is 13.2 Å². The van der Waals surface area contributed by atoms with Gasteiger partial charge in [0.1, 0.15) is 5.75 Å². The van der Waals surface area contributed by atoms with Crippen LogP contribution in [0, 0.1) is 5.92 Å². The van der Waals surface area contributed by atoms with Crippen LogP contribution < -0.4 is 10.1 Å². The van der Waals surface area contributed by atoms with E-state index in [1.165, 1.54) is 11.8 Å². The van der Waals surface area contributed by atoms with Crippen LogP contribution in [0.1, 0.15) is 34.1 Å². The lowest BCUT2D eigenvalue weighted by Crippen LogP contribution is -2.32. The summed E-state index contributed by atoms with van der Waals surface area (Å²) in [5, 5.41) is 3.54. The van der Waals surface area contributed by atoms with Crippen LogP contribution in [0.3, 0.4) is 0 Å². The summed E-state index contributed by atoms with van der Waals surface area (Å²) in [5.74, 6) is 1.46. The molecule has 2 N–H and O–H groups in total. The highest BCUT2D eigenvalue weighted by Gasteiger charge is 2.16. The average Bonchev–Trinajstić information content (AvgIpc) is 2.88. The highest BCUT2D eigenvalue weighted by Crippen LogP contribution is 2.25. The maximum atomic E-state index is 12.1. The predicted octanol–water partition coefficient (Wildman–Crippen LogP) is 3.60. The molecule has 0 radical (unpaired) electrons. The van der Waals surface area contributed by atoms with Crippen LogP contribution in [0.4, 0.5) is 0 Å². The minimum atomic E-state index is -0.186. The molecule has 2 aromatic rings. The smallest absolute Gasteiger partial charge is 0.233 e. The summed E-state index contributed by atoms with van der Waals surface area (Å²) < 4.78 is 5.49. The van der Waals surface area contributed by atoms with Gasteiger partial charge in [-0.2, -0.15) is 0 Å². The molecule has 0 saturated carbocycles. The third kappa shape index (κ3) is 5.16. The third-order valence-electron chi connectivity index (χ3n) is 3.42. The van der Waals surface area contributed by atoms with Crippen molar-refractivity contribution in [2.24, 2.45) is 5.92 Å². The minimum Gasteiger partial charge on any atom is -0.494 e. The topological polar surface area (TPSA) is 67.0 Å². The number of fused-ring (bicyclic) bond motifs is 1. The summed E-state index contributed by atoms with van der Waals surface area (Å²) in [6.45, 7) is 9.50. The second-order valence-electron chi connectivity index (χ2n) is 5.89. The van der Waals surface area contributed by atoms with Crippen molar-refractivity contribution in [3.8, 4) is 5.75 Å². The molecule has 23 heavy (non-hydrogen) atoms. The molecule has 5 nitrogen and oxygen atoms in total. The third-order valence-corrected chi connectivity index (χ3v) is 4.41. The lowest BCUT2D eigenvalue weighted by atomic mass is 10.1. The Kier molecular flexibility index (Phi) is 6.33. The number of thioether (sulfide) groups is 1. The Balaban J connectivity index is 1.96. The van der Waals surface area contributed by atoms with Crippen LogP contribution >= 0.6 is 11.8 Å². The maximum Gasteiger partial charge on any atom is 0.233 e. The van der Waals surface area contributed by atoms with Crippen LogP contribution in [-0.2, 0) is 4.79 Å². The lowest BCUT2D eigenvalue weighted by molar-refractivity contribution is -0.120. The Morgan fingerprint density at radius 1 is 1.39 bits per heavy atom. The van der Waals surface area contributed by atoms with Crippen LogP contribution in [0.25, 0.3) is 11.0 Å². The van der Waals surface area contributed by atoms with Gasteiger partial charge in [-0.05, 0) is 38.3 Å². The summed E-state index contributed by atoms with van der Waals surface area (Å²) in [6.07, 6.45) is 0.994. The largest absolute Gasteiger partial charge is 0.494 e. The number of H-pyrrole nitrogens is 1. The SMILES string of the molecule is CCOc1ccc2nc(SC(C)C(=O)NCCC(C)C)[nH]c2c1. The van der Waals surface area contributed by atoms with E-state index in [2.05, 4.69) is 29.1 Å². The number of nitrogens with zero attached hydrogens (tertiary/aromatic N) is 1. The number of ether oxygens (including phenoxy) is 1. The van der Waals surface area contributed by atoms with E-state index in [1.54, 1.807) is 0 Å². The molecule has 0 aliphatic carbocycles. The quantitative estimate of drug-likeness (QED) is 0.723. The first kappa shape index (κ1) is 17.7. The zero-order chi connectivity index (χ0) is 16.8. The Labute approximate surface area is 141 Å². The maximum absolute atomic E-state index is 12.1. The van der Waals surface area contributed by atoms with Gasteiger partial charge in [0.15, 0.2) is 5.16 Å². The van der Waals surface area contributed by atoms with Gasteiger partial charge in [-0.1, -0.05) is 25.6 Å². The highest BCUT2D eigenvalue weighted by molar-refractivity contribution is 8.00. The van der Waals surface area contributed by atoms with Crippen LogP contribution in [0.5, 0.6) is 5.75 Å². The number of benzene rings is 1. The fourth-order valence-electron chi connectivity index (χ4n) is 2.13. The summed E-state index contributed by atoms with van der Waals surface area (Å²) in [5.41, 5.74) is 1.80. The average molecular weight is 335 g/mol. The van der Waals surface area contributed by atoms with Crippen molar-refractivity contribution >= 4 is 28.7 Å². The Bertz CT molecular complexity index is 654. The molecule has 1 amide bonds. The van der Waals surface area contributed by atoms with Crippen molar-refractivity contribution in [3.05, 3.63) is 18.2 Å². The normalized spacial score (nSPS) is 12.6. The van der Waals surface area contributed by atoms with Gasteiger partial charge >= 0.3 is 0 Å². The molecule has 6 heteroatoms. The highest BCUT2D eigenvalue weighted by atomic mass is 32.2. The second kappa shape index (κ2) is 8.24. The van der Waals surface area contributed by atoms with Gasteiger partial charge in [-0.25, -0.2) is 4.98 Å². The van der Waals surface area contributed by atoms with E-state index in [1.807, 2.05) is 32.0 Å². The van der Waals surface area contributed by atoms with E-state index in [9.17, 15) is 4.79 Å². The number of imidazole rings is 1. The second-order valence-corrected chi connectivity index (χ2v) is 7.22. The molecule has 1 aromatic carbocycles. The fraction of sp³-hybridized carbons (Fsp3) is 0.529. The number of hydrogen-bond donors (Lipinski definition) is 2. The van der Waals surface area contributed by atoms with Crippen molar-refractivity contribution in [2.45, 2.75) is 44.5 Å². The molecule has 0 spiro atoms. The number of aromatic nitrogens is 2. The molecule has 2 rings (SSSR count). The molecule has 0 fully saturated rings. The summed E-state index contributed by atoms with van der Waals surface area (Å²) >= 11 is 1.44. The summed E-state index contributed by atoms with van der Waals surface area (Å²) in [7, 11) is 0. The molecule has 126 valence electrons. The van der Waals surface area contributed by atoms with Crippen LogP contribution in [0.15, 0.2) is 23.4 Å². The van der Waals surface area contributed by atoms with Gasteiger partial charge in [-0.15, -0.1) is 0 Å². The zero-order valence-electron chi connectivity index (χ0n) is 14.2. The summed E-state index contributed by atoms with van der Waals surface area (Å²) in [6, 6.07) is 5.76. The van der Waals surface area contributed by atoms with Gasteiger partial charge in [0, 0.05) is 12.6 Å². The Morgan fingerprint density at radius 2 is 2.17 bits per heavy atom. The number of nitrogens with one attached hydrogen (secondary N) is 2. The van der Waals surface area contributed by atoms with E-state index >= 15 is 0 Å². The van der Waals surface area contributed by atoms with Crippen molar-refractivity contribution < 1.29 is 9.53 Å². The van der Waals surface area contributed by atoms with E-state index in [4.69, 9.17) is 4.74 Å². The van der Waals surface area contributed by atoms with Gasteiger partial charge in [0.05, 0.1) is 22.9 Å². The van der Waals surface area contributed by atoms with Crippen molar-refractivity contribution in [1.29, 1.82) is 0 Å². The molecule has 1 aromatic heterocycles. The first-order chi connectivity index (χ1) is 11.0. The van der Waals surface area contributed by atoms with Crippen LogP contribution in [0.2, 0.25) is 0 Å². The van der Waals surface area contributed by atoms with Gasteiger partial charge in [0.25, 0.3) is 0 Å². The van der Waals surface area contributed by atoms with E-state index < -0.39 is 0 Å². The molecule has 1 atom stereocenters. The number of carbonyl (C=O) groups is 1. The van der Waals surface area contributed by atoms with Gasteiger partial charge in [0.2, 0.25) is 5.91 Å². The first-order valence-electron chi connectivity index (χ1n) is 8.06. The lowest BCUT2D eigenvalue weighted by Gasteiger charge is -2.11. The zero-order valence-corrected chi connectivity index (χ0v) is 15.0. The van der Waals surface area contributed by atoms with Crippen molar-refractivity contribution in [1.82, 2.24) is 15.3 Å². The fourth-order valence-corrected chi connectivity index (χ4v) is 2.97. The minimum absolute atomic E-state index is 0.0473. The molecule has 1 unspecified atom stereocenters. The van der Waals surface area contributed by atoms with Gasteiger partial charge in [-0.3, -0.25) is 4.79 Å². The monoisotopic (exact) mass is 335 g/mol. The standard InChI is InChI=1S/C17H25N3O2S/c1-5-22-13-6-7-14-15(10-13)20-17(19-14)23-12(4)16(21)18-9-8-11(2)3/h6-7,10-12H,5,8-9H2,1-4H3,(H,18,21)(H,19,20). The van der Waals surface area contributed by atoms with E-state index in [-0.39, 0.29) is 11.2 Å². The molecule has 0 aliphatic rings. The molecule has 0 saturated heterocycles. The number of aromatic amines is 1. The summed E-state index contributed by atoms with van der Waals surface area (Å²) in [4.78, 5) is 19.9. The molecular weight excluding hydrogens is 310 g/mol. The number of hydrogen-bond acceptors (Lipinski definition) is 4. The number of amides is 1. The van der Waals surface area contributed by atoms with E-state index in [0.29, 0.717) is 12.5 Å². The Hall–Kier alpha value is -1.69. The van der Waals surface area contributed by atoms with E-state index in [0.717, 1.165) is 34.9 Å². The van der Waals surface area contributed by atoms with Gasteiger partial charge < -0.3 is 15.0 Å². The van der Waals surface area contributed by atoms with Crippen molar-refractivity contribution in [3.63, 3.8) is 0 Å². The first-order valence-corrected chi connectivity index (χ1v) is 8.94. The molecule has 0 bridgehead atoms. The molecular formula is C17H25N3O2S. The number of rotatable bonds is 8. The molecule has 1 heterocycles. The molecule has 0 aliphatic heterocycles. The Morgan fingerprint density at radius 3 is 2.87 bits per heavy atom. The number of carbonyl (C=O) groups excluding carboxylic acids is 1. The predicted molar refractivity (Wildman–Crippen MR) is 95.0 cm³/mol. The van der Waals surface area contributed by atoms with Crippen LogP contribution in [-0.4, -0.2) is 34.3 Å².